The van der Waals surface area contributed by atoms with Crippen LogP contribution < -0.4 is 9.47 Å². The number of amides is 1. The van der Waals surface area contributed by atoms with E-state index in [1.807, 2.05) is 17.0 Å². The van der Waals surface area contributed by atoms with E-state index in [1.165, 1.54) is 0 Å². The van der Waals surface area contributed by atoms with Crippen LogP contribution in [-0.4, -0.2) is 30.2 Å². The lowest BCUT2D eigenvalue weighted by Crippen LogP contribution is -2.39. The third kappa shape index (κ3) is 3.06. The third-order valence-corrected chi connectivity index (χ3v) is 3.76. The minimum absolute atomic E-state index is 0.0751. The molecular weight excluding hydrogens is 254 g/mol. The van der Waals surface area contributed by atoms with Gasteiger partial charge in [-0.2, -0.15) is 0 Å². The van der Waals surface area contributed by atoms with Crippen LogP contribution in [0.1, 0.15) is 50.4 Å². The zero-order chi connectivity index (χ0) is 14.5. The first-order valence-electron chi connectivity index (χ1n) is 7.38. The molecule has 110 valence electrons. The first kappa shape index (κ1) is 14.7. The van der Waals surface area contributed by atoms with Crippen molar-refractivity contribution in [2.45, 2.75) is 46.1 Å². The molecule has 0 aliphatic carbocycles. The molecule has 2 rings (SSSR count). The topological polar surface area (TPSA) is 38.8 Å². The number of ether oxygens (including phenoxy) is 2. The summed E-state index contributed by atoms with van der Waals surface area (Å²) in [4.78, 5) is 14.6. The maximum Gasteiger partial charge on any atom is 0.254 e. The molecule has 1 unspecified atom stereocenters. The van der Waals surface area contributed by atoms with Crippen molar-refractivity contribution < 1.29 is 14.3 Å². The summed E-state index contributed by atoms with van der Waals surface area (Å²) in [6, 6.07) is 5.66. The smallest absolute Gasteiger partial charge is 0.254 e. The van der Waals surface area contributed by atoms with Crippen LogP contribution in [0.5, 0.6) is 11.5 Å². The number of unbranched alkanes of at least 4 members (excludes halogenated alkanes) is 1. The second kappa shape index (κ2) is 6.64. The van der Waals surface area contributed by atoms with E-state index in [0.29, 0.717) is 17.1 Å². The van der Waals surface area contributed by atoms with E-state index >= 15 is 0 Å². The van der Waals surface area contributed by atoms with Gasteiger partial charge in [-0.25, -0.2) is 0 Å². The molecule has 4 heteroatoms. The average Bonchev–Trinajstić information content (AvgIpc) is 2.94. The number of rotatable bonds is 6. The molecule has 0 spiro atoms. The van der Waals surface area contributed by atoms with Crippen molar-refractivity contribution in [1.29, 1.82) is 0 Å². The van der Waals surface area contributed by atoms with Crippen LogP contribution in [0, 0.1) is 0 Å². The number of fused-ring (bicyclic) bond motifs is 1. The molecule has 1 heterocycles. The first-order chi connectivity index (χ1) is 9.67. The summed E-state index contributed by atoms with van der Waals surface area (Å²) in [6.07, 6.45) is 3.07. The molecule has 1 aromatic carbocycles. The van der Waals surface area contributed by atoms with Crippen LogP contribution in [0.25, 0.3) is 0 Å². The zero-order valence-electron chi connectivity index (χ0n) is 12.5. The van der Waals surface area contributed by atoms with E-state index in [9.17, 15) is 4.79 Å². The molecule has 1 aliphatic rings. The second-order valence-corrected chi connectivity index (χ2v) is 5.18. The molecule has 0 N–H and O–H groups in total. The van der Waals surface area contributed by atoms with Gasteiger partial charge in [0.2, 0.25) is 6.79 Å². The maximum absolute atomic E-state index is 12.7. The van der Waals surface area contributed by atoms with Crippen LogP contribution in [0.2, 0.25) is 0 Å². The van der Waals surface area contributed by atoms with E-state index in [1.54, 1.807) is 6.07 Å². The molecule has 1 aliphatic heterocycles. The number of benzene rings is 1. The van der Waals surface area contributed by atoms with Crippen LogP contribution in [0.3, 0.4) is 0 Å². The molecule has 4 nitrogen and oxygen atoms in total. The fourth-order valence-corrected chi connectivity index (χ4v) is 2.27. The van der Waals surface area contributed by atoms with E-state index in [0.717, 1.165) is 25.8 Å². The zero-order valence-corrected chi connectivity index (χ0v) is 12.5. The Morgan fingerprint density at radius 3 is 2.75 bits per heavy atom. The number of carbonyl (C=O) groups excluding carboxylic acids is 1. The number of carbonyl (C=O) groups is 1. The SMILES string of the molecule is CCCCN(C(=O)c1ccc2c(c1)OCO2)C(C)CC. The summed E-state index contributed by atoms with van der Waals surface area (Å²) in [6.45, 7) is 7.38. The van der Waals surface area contributed by atoms with Crippen LogP contribution in [-0.2, 0) is 0 Å². The van der Waals surface area contributed by atoms with Gasteiger partial charge < -0.3 is 14.4 Å². The quantitative estimate of drug-likeness (QED) is 0.799. The van der Waals surface area contributed by atoms with E-state index < -0.39 is 0 Å². The largest absolute Gasteiger partial charge is 0.454 e. The average molecular weight is 277 g/mol. The molecule has 0 bridgehead atoms. The molecule has 1 amide bonds. The predicted molar refractivity (Wildman–Crippen MR) is 78.3 cm³/mol. The molecule has 1 atom stereocenters. The minimum Gasteiger partial charge on any atom is -0.454 e. The van der Waals surface area contributed by atoms with Gasteiger partial charge in [-0.15, -0.1) is 0 Å². The molecular formula is C16H23NO3. The van der Waals surface area contributed by atoms with Gasteiger partial charge in [0.1, 0.15) is 0 Å². The highest BCUT2D eigenvalue weighted by molar-refractivity contribution is 5.95. The van der Waals surface area contributed by atoms with E-state index in [4.69, 9.17) is 9.47 Å². The van der Waals surface area contributed by atoms with Gasteiger partial charge in [0.15, 0.2) is 11.5 Å². The van der Waals surface area contributed by atoms with Crippen molar-refractivity contribution in [3.8, 4) is 11.5 Å². The van der Waals surface area contributed by atoms with Crippen LogP contribution >= 0.6 is 0 Å². The monoisotopic (exact) mass is 277 g/mol. The lowest BCUT2D eigenvalue weighted by molar-refractivity contribution is 0.0685. The van der Waals surface area contributed by atoms with Crippen molar-refractivity contribution in [3.63, 3.8) is 0 Å². The van der Waals surface area contributed by atoms with Gasteiger partial charge in [0.05, 0.1) is 0 Å². The fraction of sp³-hybridized carbons (Fsp3) is 0.562. The van der Waals surface area contributed by atoms with E-state index in [-0.39, 0.29) is 18.7 Å². The second-order valence-electron chi connectivity index (χ2n) is 5.18. The van der Waals surface area contributed by atoms with Crippen molar-refractivity contribution in [1.82, 2.24) is 4.90 Å². The Bertz CT molecular complexity index is 473. The standard InChI is InChI=1S/C16H23NO3/c1-4-6-9-17(12(3)5-2)16(18)13-7-8-14-15(10-13)20-11-19-14/h7-8,10,12H,4-6,9,11H2,1-3H3. The first-order valence-corrected chi connectivity index (χ1v) is 7.38. The normalized spacial score (nSPS) is 14.2. The van der Waals surface area contributed by atoms with Gasteiger partial charge in [-0.05, 0) is 38.0 Å². The van der Waals surface area contributed by atoms with Crippen molar-refractivity contribution in [3.05, 3.63) is 23.8 Å². The highest BCUT2D eigenvalue weighted by Gasteiger charge is 2.22. The van der Waals surface area contributed by atoms with Crippen molar-refractivity contribution >= 4 is 5.91 Å². The van der Waals surface area contributed by atoms with Gasteiger partial charge in [-0.3, -0.25) is 4.79 Å². The summed E-state index contributed by atoms with van der Waals surface area (Å²) in [7, 11) is 0. The summed E-state index contributed by atoms with van der Waals surface area (Å²) in [5, 5.41) is 0. The van der Waals surface area contributed by atoms with Crippen LogP contribution in [0.4, 0.5) is 0 Å². The van der Waals surface area contributed by atoms with Gasteiger partial charge in [0.25, 0.3) is 5.91 Å². The molecule has 0 fully saturated rings. The molecule has 0 radical (unpaired) electrons. The molecule has 20 heavy (non-hydrogen) atoms. The van der Waals surface area contributed by atoms with Gasteiger partial charge >= 0.3 is 0 Å². The third-order valence-electron chi connectivity index (χ3n) is 3.76. The molecule has 0 saturated heterocycles. The number of nitrogens with zero attached hydrogens (tertiary/aromatic N) is 1. The summed E-state index contributed by atoms with van der Waals surface area (Å²) in [5.74, 6) is 1.45. The molecule has 1 aromatic rings. The lowest BCUT2D eigenvalue weighted by atomic mass is 10.1. The Balaban J connectivity index is 2.18. The van der Waals surface area contributed by atoms with E-state index in [2.05, 4.69) is 20.8 Å². The maximum atomic E-state index is 12.7. The summed E-state index contributed by atoms with van der Waals surface area (Å²) in [5.41, 5.74) is 0.672. The summed E-state index contributed by atoms with van der Waals surface area (Å²) >= 11 is 0. The van der Waals surface area contributed by atoms with Crippen molar-refractivity contribution in [2.75, 3.05) is 13.3 Å². The Kier molecular flexibility index (Phi) is 4.88. The molecule has 0 aromatic heterocycles. The highest BCUT2D eigenvalue weighted by Crippen LogP contribution is 2.33. The van der Waals surface area contributed by atoms with Gasteiger partial charge in [-0.1, -0.05) is 20.3 Å². The number of hydrogen-bond acceptors (Lipinski definition) is 3. The highest BCUT2D eigenvalue weighted by atomic mass is 16.7. The van der Waals surface area contributed by atoms with Crippen LogP contribution in [0.15, 0.2) is 18.2 Å². The van der Waals surface area contributed by atoms with Gasteiger partial charge in [0, 0.05) is 18.2 Å². The Hall–Kier alpha value is -1.71. The summed E-state index contributed by atoms with van der Waals surface area (Å²) < 4.78 is 10.6. The fourth-order valence-electron chi connectivity index (χ4n) is 2.27. The Labute approximate surface area is 120 Å². The molecule has 0 saturated carbocycles. The Morgan fingerprint density at radius 1 is 1.30 bits per heavy atom. The van der Waals surface area contributed by atoms with Crippen molar-refractivity contribution in [2.24, 2.45) is 0 Å². The Morgan fingerprint density at radius 2 is 2.05 bits per heavy atom. The number of hydrogen-bond donors (Lipinski definition) is 0. The predicted octanol–water partition coefficient (Wildman–Crippen LogP) is 3.46. The lowest BCUT2D eigenvalue weighted by Gasteiger charge is -2.28. The minimum atomic E-state index is 0.0751.